The molecule has 0 aliphatic heterocycles. The summed E-state index contributed by atoms with van der Waals surface area (Å²) in [5.74, 6) is 0.909. The maximum Gasteiger partial charge on any atom is 0.306 e. The van der Waals surface area contributed by atoms with E-state index in [1.165, 1.54) is 0 Å². The minimum atomic E-state index is -0.690. The maximum atomic E-state index is 10.9. The van der Waals surface area contributed by atoms with Crippen LogP contribution in [0.1, 0.15) is 17.5 Å². The van der Waals surface area contributed by atoms with Gasteiger partial charge in [-0.3, -0.25) is 4.79 Å². The summed E-state index contributed by atoms with van der Waals surface area (Å²) in [6, 6.07) is 3.80. The van der Waals surface area contributed by atoms with Crippen LogP contribution in [0.15, 0.2) is 12.1 Å². The fourth-order valence-corrected chi connectivity index (χ4v) is 2.35. The van der Waals surface area contributed by atoms with Gasteiger partial charge < -0.3 is 14.6 Å². The second-order valence-corrected chi connectivity index (χ2v) is 4.77. The molecule has 18 heavy (non-hydrogen) atoms. The molecule has 4 nitrogen and oxygen atoms in total. The summed E-state index contributed by atoms with van der Waals surface area (Å²) in [5, 5.41) is 8.93. The third-order valence-corrected chi connectivity index (χ3v) is 3.57. The molecule has 0 bridgehead atoms. The minimum absolute atomic E-state index is 0.184. The normalized spacial score (nSPS) is 21.5. The Morgan fingerprint density at radius 3 is 2.61 bits per heavy atom. The lowest BCUT2D eigenvalue weighted by Gasteiger charge is -2.13. The van der Waals surface area contributed by atoms with Crippen LogP contribution in [-0.4, -0.2) is 25.3 Å². The van der Waals surface area contributed by atoms with Crippen LogP contribution >= 0.6 is 0 Å². The number of aryl methyl sites for hydroxylation is 1. The second kappa shape index (κ2) is 4.88. The molecule has 2 atom stereocenters. The van der Waals surface area contributed by atoms with Crippen molar-refractivity contribution in [3.05, 3.63) is 23.3 Å². The van der Waals surface area contributed by atoms with E-state index >= 15 is 0 Å². The molecule has 1 N–H and O–H groups in total. The van der Waals surface area contributed by atoms with E-state index in [0.717, 1.165) is 35.5 Å². The summed E-state index contributed by atoms with van der Waals surface area (Å²) >= 11 is 0. The third-order valence-electron chi connectivity index (χ3n) is 3.57. The van der Waals surface area contributed by atoms with E-state index in [2.05, 4.69) is 0 Å². The number of ether oxygens (including phenoxy) is 2. The average molecular weight is 250 g/mol. The molecule has 4 heteroatoms. The average Bonchev–Trinajstić information content (AvgIpc) is 3.10. The SMILES string of the molecule is COc1cc(C)c(CC2CC2C(=O)O)c(OC)c1. The van der Waals surface area contributed by atoms with Gasteiger partial charge in [0.15, 0.2) is 0 Å². The Bertz CT molecular complexity index is 467. The number of carboxylic acid groups (broad SMARTS) is 1. The maximum absolute atomic E-state index is 10.9. The van der Waals surface area contributed by atoms with E-state index in [1.807, 2.05) is 19.1 Å². The molecule has 0 amide bonds. The van der Waals surface area contributed by atoms with Crippen LogP contribution in [0.2, 0.25) is 0 Å². The fraction of sp³-hybridized carbons (Fsp3) is 0.500. The Morgan fingerprint density at radius 2 is 2.11 bits per heavy atom. The van der Waals surface area contributed by atoms with Crippen molar-refractivity contribution in [3.8, 4) is 11.5 Å². The Kier molecular flexibility index (Phi) is 3.45. The van der Waals surface area contributed by atoms with Crippen LogP contribution in [0, 0.1) is 18.8 Å². The van der Waals surface area contributed by atoms with E-state index in [4.69, 9.17) is 14.6 Å². The van der Waals surface area contributed by atoms with E-state index in [1.54, 1.807) is 14.2 Å². The molecule has 2 rings (SSSR count). The highest BCUT2D eigenvalue weighted by Crippen LogP contribution is 2.43. The molecule has 0 spiro atoms. The molecule has 0 heterocycles. The summed E-state index contributed by atoms with van der Waals surface area (Å²) in [6.45, 7) is 2.00. The minimum Gasteiger partial charge on any atom is -0.497 e. The van der Waals surface area contributed by atoms with Crippen LogP contribution in [0.4, 0.5) is 0 Å². The predicted octanol–water partition coefficient (Wildman–Crippen LogP) is 2.28. The Morgan fingerprint density at radius 1 is 1.39 bits per heavy atom. The van der Waals surface area contributed by atoms with Gasteiger partial charge in [0.25, 0.3) is 0 Å². The quantitative estimate of drug-likeness (QED) is 0.871. The van der Waals surface area contributed by atoms with Gasteiger partial charge in [0.1, 0.15) is 11.5 Å². The molecule has 98 valence electrons. The lowest BCUT2D eigenvalue weighted by atomic mass is 10.0. The van der Waals surface area contributed by atoms with Gasteiger partial charge in [0.2, 0.25) is 0 Å². The number of hydrogen-bond donors (Lipinski definition) is 1. The van der Waals surface area contributed by atoms with Gasteiger partial charge in [-0.2, -0.15) is 0 Å². The van der Waals surface area contributed by atoms with Crippen molar-refractivity contribution < 1.29 is 19.4 Å². The van der Waals surface area contributed by atoms with Crippen LogP contribution in [0.3, 0.4) is 0 Å². The molecule has 2 unspecified atom stereocenters. The largest absolute Gasteiger partial charge is 0.497 e. The predicted molar refractivity (Wildman–Crippen MR) is 67.2 cm³/mol. The van der Waals surface area contributed by atoms with Gasteiger partial charge in [-0.1, -0.05) is 0 Å². The number of aliphatic carboxylic acids is 1. The number of benzene rings is 1. The topological polar surface area (TPSA) is 55.8 Å². The first-order valence-corrected chi connectivity index (χ1v) is 6.01. The Balaban J connectivity index is 2.20. The first-order valence-electron chi connectivity index (χ1n) is 6.01. The first kappa shape index (κ1) is 12.7. The molecule has 1 saturated carbocycles. The van der Waals surface area contributed by atoms with E-state index in [9.17, 15) is 4.79 Å². The Hall–Kier alpha value is -1.71. The van der Waals surface area contributed by atoms with Crippen molar-refractivity contribution in [1.82, 2.24) is 0 Å². The summed E-state index contributed by atoms with van der Waals surface area (Å²) in [6.07, 6.45) is 1.53. The van der Waals surface area contributed by atoms with Crippen LogP contribution < -0.4 is 9.47 Å². The zero-order valence-corrected chi connectivity index (χ0v) is 10.9. The zero-order chi connectivity index (χ0) is 13.3. The fourth-order valence-electron chi connectivity index (χ4n) is 2.35. The highest BCUT2D eigenvalue weighted by molar-refractivity contribution is 5.73. The van der Waals surface area contributed by atoms with Crippen molar-refractivity contribution in [3.63, 3.8) is 0 Å². The summed E-state index contributed by atoms with van der Waals surface area (Å²) in [7, 11) is 3.24. The number of hydrogen-bond acceptors (Lipinski definition) is 3. The smallest absolute Gasteiger partial charge is 0.306 e. The molecule has 1 aromatic carbocycles. The standard InChI is InChI=1S/C14H18O4/c1-8-4-10(17-2)7-13(18-3)11(8)5-9-6-12(9)14(15)16/h4,7,9,12H,5-6H2,1-3H3,(H,15,16). The summed E-state index contributed by atoms with van der Waals surface area (Å²) in [5.41, 5.74) is 2.18. The van der Waals surface area contributed by atoms with E-state index in [-0.39, 0.29) is 11.8 Å². The van der Waals surface area contributed by atoms with Crippen molar-refractivity contribution in [1.29, 1.82) is 0 Å². The van der Waals surface area contributed by atoms with Gasteiger partial charge in [-0.15, -0.1) is 0 Å². The van der Waals surface area contributed by atoms with Crippen LogP contribution in [0.5, 0.6) is 11.5 Å². The first-order chi connectivity index (χ1) is 8.56. The Labute approximate surface area is 107 Å². The molecule has 0 saturated heterocycles. The highest BCUT2D eigenvalue weighted by atomic mass is 16.5. The molecule has 1 aliphatic carbocycles. The molecule has 1 fully saturated rings. The van der Waals surface area contributed by atoms with Gasteiger partial charge >= 0.3 is 5.97 Å². The monoisotopic (exact) mass is 250 g/mol. The van der Waals surface area contributed by atoms with Crippen molar-refractivity contribution >= 4 is 5.97 Å². The molecule has 0 aromatic heterocycles. The lowest BCUT2D eigenvalue weighted by molar-refractivity contribution is -0.138. The van der Waals surface area contributed by atoms with Gasteiger partial charge in [0, 0.05) is 6.07 Å². The van der Waals surface area contributed by atoms with Crippen LogP contribution in [0.25, 0.3) is 0 Å². The number of carbonyl (C=O) groups is 1. The van der Waals surface area contributed by atoms with Gasteiger partial charge in [0.05, 0.1) is 20.1 Å². The molecule has 1 aromatic rings. The summed E-state index contributed by atoms with van der Waals surface area (Å²) in [4.78, 5) is 10.9. The lowest BCUT2D eigenvalue weighted by Crippen LogP contribution is -2.03. The number of carboxylic acids is 1. The van der Waals surface area contributed by atoms with Crippen molar-refractivity contribution in [2.45, 2.75) is 19.8 Å². The zero-order valence-electron chi connectivity index (χ0n) is 10.9. The van der Waals surface area contributed by atoms with E-state index < -0.39 is 5.97 Å². The van der Waals surface area contributed by atoms with Crippen molar-refractivity contribution in [2.75, 3.05) is 14.2 Å². The highest BCUT2D eigenvalue weighted by Gasteiger charge is 2.43. The molecular weight excluding hydrogens is 232 g/mol. The van der Waals surface area contributed by atoms with Gasteiger partial charge in [-0.05, 0) is 42.9 Å². The number of rotatable bonds is 5. The molecule has 1 aliphatic rings. The van der Waals surface area contributed by atoms with Crippen LogP contribution in [-0.2, 0) is 11.2 Å². The number of methoxy groups -OCH3 is 2. The van der Waals surface area contributed by atoms with Gasteiger partial charge in [-0.25, -0.2) is 0 Å². The van der Waals surface area contributed by atoms with Crippen molar-refractivity contribution in [2.24, 2.45) is 11.8 Å². The third kappa shape index (κ3) is 2.42. The molecule has 0 radical (unpaired) electrons. The summed E-state index contributed by atoms with van der Waals surface area (Å²) < 4.78 is 10.6. The molecular formula is C14H18O4. The van der Waals surface area contributed by atoms with E-state index in [0.29, 0.717) is 0 Å². The second-order valence-electron chi connectivity index (χ2n) is 4.77.